The van der Waals surface area contributed by atoms with E-state index in [1.54, 1.807) is 18.4 Å². The van der Waals surface area contributed by atoms with E-state index in [0.717, 1.165) is 23.2 Å². The first-order chi connectivity index (χ1) is 12.6. The van der Waals surface area contributed by atoms with Crippen molar-refractivity contribution in [3.8, 4) is 0 Å². The van der Waals surface area contributed by atoms with Crippen molar-refractivity contribution in [1.29, 1.82) is 0 Å². The van der Waals surface area contributed by atoms with Gasteiger partial charge in [0, 0.05) is 19.0 Å². The molecule has 0 aliphatic carbocycles. The van der Waals surface area contributed by atoms with E-state index in [4.69, 9.17) is 4.74 Å². The van der Waals surface area contributed by atoms with E-state index in [-0.39, 0.29) is 0 Å². The van der Waals surface area contributed by atoms with Crippen molar-refractivity contribution in [3.63, 3.8) is 0 Å². The maximum absolute atomic E-state index is 5.79. The first-order valence-corrected chi connectivity index (χ1v) is 9.97. The van der Waals surface area contributed by atoms with Crippen LogP contribution in [0.5, 0.6) is 0 Å². The highest BCUT2D eigenvalue weighted by Gasteiger charge is 2.08. The Morgan fingerprint density at radius 3 is 2.62 bits per heavy atom. The zero-order valence-corrected chi connectivity index (χ0v) is 17.0. The van der Waals surface area contributed by atoms with E-state index in [1.807, 2.05) is 18.2 Å². The number of hydrogen-bond donors (Lipinski definition) is 2. The smallest absolute Gasteiger partial charge is 0.191 e. The van der Waals surface area contributed by atoms with E-state index < -0.39 is 0 Å². The van der Waals surface area contributed by atoms with Crippen LogP contribution in [0.2, 0.25) is 0 Å². The molecule has 0 aliphatic heterocycles. The van der Waals surface area contributed by atoms with Crippen LogP contribution in [0.15, 0.2) is 40.7 Å². The van der Waals surface area contributed by atoms with Crippen LogP contribution in [0, 0.1) is 5.92 Å². The van der Waals surface area contributed by atoms with Gasteiger partial charge in [0.05, 0.1) is 25.5 Å². The van der Waals surface area contributed by atoms with Gasteiger partial charge in [-0.25, -0.2) is 4.98 Å². The Morgan fingerprint density at radius 1 is 1.19 bits per heavy atom. The Balaban J connectivity index is 1.65. The second-order valence-corrected chi connectivity index (χ2v) is 7.68. The van der Waals surface area contributed by atoms with E-state index in [0.29, 0.717) is 31.6 Å². The number of rotatable bonds is 9. The molecule has 2 N–H and O–H groups in total. The van der Waals surface area contributed by atoms with Crippen LogP contribution in [0.3, 0.4) is 0 Å². The number of guanidine groups is 1. The standard InChI is InChI=1S/C20H30N4OS/c1-15(2)18-14-26-19(24-18)11-23-20(21-4)22-10-16(3)12-25-13-17-8-6-5-7-9-17/h5-9,14-16H,10-13H2,1-4H3,(H2,21,22,23). The molecule has 0 saturated carbocycles. The van der Waals surface area contributed by atoms with Gasteiger partial charge in [0.2, 0.25) is 0 Å². The van der Waals surface area contributed by atoms with Crippen LogP contribution >= 0.6 is 11.3 Å². The number of aliphatic imine (C=N–C) groups is 1. The number of nitrogens with one attached hydrogen (secondary N) is 2. The number of thiazole rings is 1. The first kappa shape index (κ1) is 20.4. The number of benzene rings is 1. The van der Waals surface area contributed by atoms with Gasteiger partial charge in [0.15, 0.2) is 5.96 Å². The van der Waals surface area contributed by atoms with E-state index in [1.165, 1.54) is 5.56 Å². The largest absolute Gasteiger partial charge is 0.376 e. The molecule has 0 aliphatic rings. The van der Waals surface area contributed by atoms with Gasteiger partial charge in [-0.3, -0.25) is 4.99 Å². The minimum atomic E-state index is 0.393. The monoisotopic (exact) mass is 374 g/mol. The lowest BCUT2D eigenvalue weighted by atomic mass is 10.2. The molecule has 1 aromatic heterocycles. The molecule has 5 nitrogen and oxygen atoms in total. The van der Waals surface area contributed by atoms with Crippen molar-refractivity contribution in [2.45, 2.75) is 39.8 Å². The second kappa shape index (κ2) is 10.9. The predicted octanol–water partition coefficient (Wildman–Crippen LogP) is 3.78. The summed E-state index contributed by atoms with van der Waals surface area (Å²) in [5.74, 6) is 1.65. The predicted molar refractivity (Wildman–Crippen MR) is 110 cm³/mol. The van der Waals surface area contributed by atoms with Gasteiger partial charge < -0.3 is 15.4 Å². The van der Waals surface area contributed by atoms with Crippen LogP contribution in [-0.2, 0) is 17.9 Å². The molecule has 6 heteroatoms. The Kier molecular flexibility index (Phi) is 8.58. The van der Waals surface area contributed by atoms with E-state index >= 15 is 0 Å². The summed E-state index contributed by atoms with van der Waals surface area (Å²) in [7, 11) is 1.79. The fourth-order valence-corrected chi connectivity index (χ4v) is 3.23. The average Bonchev–Trinajstić information content (AvgIpc) is 3.12. The Morgan fingerprint density at radius 2 is 1.96 bits per heavy atom. The molecule has 142 valence electrons. The summed E-state index contributed by atoms with van der Waals surface area (Å²) in [6.45, 7) is 9.35. The molecule has 0 spiro atoms. The van der Waals surface area contributed by atoms with Crippen LogP contribution in [0.25, 0.3) is 0 Å². The molecular formula is C20H30N4OS. The Labute approximate surface area is 160 Å². The van der Waals surface area contributed by atoms with Crippen molar-refractivity contribution >= 4 is 17.3 Å². The van der Waals surface area contributed by atoms with Gasteiger partial charge >= 0.3 is 0 Å². The Bertz CT molecular complexity index is 669. The highest BCUT2D eigenvalue weighted by Crippen LogP contribution is 2.17. The van der Waals surface area contributed by atoms with Crippen LogP contribution in [0.4, 0.5) is 0 Å². The van der Waals surface area contributed by atoms with Crippen LogP contribution < -0.4 is 10.6 Å². The van der Waals surface area contributed by atoms with E-state index in [9.17, 15) is 0 Å². The molecule has 0 amide bonds. The van der Waals surface area contributed by atoms with Gasteiger partial charge in [0.25, 0.3) is 0 Å². The number of ether oxygens (including phenoxy) is 1. The molecule has 0 fully saturated rings. The quantitative estimate of drug-likeness (QED) is 0.518. The average molecular weight is 375 g/mol. The third kappa shape index (κ3) is 7.14. The summed E-state index contributed by atoms with van der Waals surface area (Å²) >= 11 is 1.69. The van der Waals surface area contributed by atoms with Crippen molar-refractivity contribution < 1.29 is 4.74 Å². The SMILES string of the molecule is CN=C(NCc1nc(C(C)C)cs1)NCC(C)COCc1ccccc1. The maximum atomic E-state index is 5.79. The molecular weight excluding hydrogens is 344 g/mol. The molecule has 1 aromatic carbocycles. The number of hydrogen-bond acceptors (Lipinski definition) is 4. The van der Waals surface area contributed by atoms with E-state index in [2.05, 4.69) is 58.9 Å². The molecule has 0 saturated heterocycles. The van der Waals surface area contributed by atoms with Crippen molar-refractivity contribution in [3.05, 3.63) is 52.0 Å². The van der Waals surface area contributed by atoms with Crippen LogP contribution in [0.1, 0.15) is 43.0 Å². The van der Waals surface area contributed by atoms with Crippen molar-refractivity contribution in [2.24, 2.45) is 10.9 Å². The maximum Gasteiger partial charge on any atom is 0.191 e. The molecule has 1 atom stereocenters. The normalized spacial score (nSPS) is 13.0. The summed E-state index contributed by atoms with van der Waals surface area (Å²) in [5.41, 5.74) is 2.35. The topological polar surface area (TPSA) is 58.5 Å². The second-order valence-electron chi connectivity index (χ2n) is 6.73. The lowest BCUT2D eigenvalue weighted by molar-refractivity contribution is 0.0931. The molecule has 2 rings (SSSR count). The number of aromatic nitrogens is 1. The third-order valence-electron chi connectivity index (χ3n) is 3.92. The van der Waals surface area contributed by atoms with Gasteiger partial charge in [0.1, 0.15) is 5.01 Å². The Hall–Kier alpha value is -1.92. The van der Waals surface area contributed by atoms with Gasteiger partial charge in [-0.1, -0.05) is 51.1 Å². The first-order valence-electron chi connectivity index (χ1n) is 9.09. The molecule has 1 heterocycles. The summed E-state index contributed by atoms with van der Waals surface area (Å²) in [5, 5.41) is 9.88. The molecule has 0 radical (unpaired) electrons. The highest BCUT2D eigenvalue weighted by atomic mass is 32.1. The molecule has 0 bridgehead atoms. The minimum absolute atomic E-state index is 0.393. The lowest BCUT2D eigenvalue weighted by Crippen LogP contribution is -2.39. The van der Waals surface area contributed by atoms with Gasteiger partial charge in [-0.15, -0.1) is 11.3 Å². The lowest BCUT2D eigenvalue weighted by Gasteiger charge is -2.16. The molecule has 1 unspecified atom stereocenters. The summed E-state index contributed by atoms with van der Waals surface area (Å²) in [6.07, 6.45) is 0. The fourth-order valence-electron chi connectivity index (χ4n) is 2.33. The van der Waals surface area contributed by atoms with Gasteiger partial charge in [-0.2, -0.15) is 0 Å². The third-order valence-corrected chi connectivity index (χ3v) is 4.79. The summed E-state index contributed by atoms with van der Waals surface area (Å²) < 4.78 is 5.79. The van der Waals surface area contributed by atoms with Crippen LogP contribution in [-0.4, -0.2) is 31.1 Å². The zero-order valence-electron chi connectivity index (χ0n) is 16.2. The minimum Gasteiger partial charge on any atom is -0.376 e. The molecule has 26 heavy (non-hydrogen) atoms. The zero-order chi connectivity index (χ0) is 18.8. The number of nitrogens with zero attached hydrogens (tertiary/aromatic N) is 2. The van der Waals surface area contributed by atoms with Crippen molar-refractivity contribution in [1.82, 2.24) is 15.6 Å². The van der Waals surface area contributed by atoms with Gasteiger partial charge in [-0.05, 0) is 17.4 Å². The van der Waals surface area contributed by atoms with Crippen molar-refractivity contribution in [2.75, 3.05) is 20.2 Å². The fraction of sp³-hybridized carbons (Fsp3) is 0.500. The summed E-state index contributed by atoms with van der Waals surface area (Å²) in [6, 6.07) is 10.2. The molecule has 2 aromatic rings. The summed E-state index contributed by atoms with van der Waals surface area (Å²) in [4.78, 5) is 8.91. The highest BCUT2D eigenvalue weighted by molar-refractivity contribution is 7.09.